The molecular weight excluding hydrogens is 218 g/mol. The van der Waals surface area contributed by atoms with Gasteiger partial charge >= 0.3 is 0 Å². The van der Waals surface area contributed by atoms with Gasteiger partial charge in [0.15, 0.2) is 5.82 Å². The molecule has 0 saturated carbocycles. The summed E-state index contributed by atoms with van der Waals surface area (Å²) in [7, 11) is 0. The second kappa shape index (κ2) is 3.71. The summed E-state index contributed by atoms with van der Waals surface area (Å²) < 4.78 is 0.760. The quantitative estimate of drug-likeness (QED) is 0.855. The Balaban J connectivity index is 2.33. The molecule has 0 atom stereocenters. The van der Waals surface area contributed by atoms with Crippen LogP contribution in [0, 0.1) is 0 Å². The minimum atomic E-state index is 0.367. The van der Waals surface area contributed by atoms with Crippen LogP contribution in [0.5, 0.6) is 0 Å². The number of aromatic nitrogens is 3. The predicted octanol–water partition coefficient (Wildman–Crippen LogP) is 3.31. The van der Waals surface area contributed by atoms with Gasteiger partial charge in [0, 0.05) is 5.92 Å². The van der Waals surface area contributed by atoms with Crippen LogP contribution in [0.2, 0.25) is 4.34 Å². The molecule has 5 heteroatoms. The van der Waals surface area contributed by atoms with E-state index in [2.05, 4.69) is 29.0 Å². The van der Waals surface area contributed by atoms with Gasteiger partial charge in [-0.25, -0.2) is 4.98 Å². The Morgan fingerprint density at radius 2 is 2.21 bits per heavy atom. The number of hydrogen-bond acceptors (Lipinski definition) is 3. The van der Waals surface area contributed by atoms with Gasteiger partial charge in [0.25, 0.3) is 0 Å². The summed E-state index contributed by atoms with van der Waals surface area (Å²) in [5, 5.41) is 7.05. The smallest absolute Gasteiger partial charge is 0.191 e. The molecule has 2 aromatic heterocycles. The van der Waals surface area contributed by atoms with Crippen LogP contribution in [0.25, 0.3) is 10.7 Å². The van der Waals surface area contributed by atoms with Gasteiger partial charge in [0.1, 0.15) is 5.82 Å². The van der Waals surface area contributed by atoms with Gasteiger partial charge in [-0.1, -0.05) is 25.4 Å². The Kier molecular flexibility index (Phi) is 2.56. The van der Waals surface area contributed by atoms with Crippen LogP contribution in [0.1, 0.15) is 25.6 Å². The minimum Gasteiger partial charge on any atom is -0.262 e. The molecule has 14 heavy (non-hydrogen) atoms. The third-order valence-corrected chi connectivity index (χ3v) is 3.07. The average Bonchev–Trinajstić information content (AvgIpc) is 2.70. The molecule has 2 heterocycles. The van der Waals surface area contributed by atoms with Gasteiger partial charge < -0.3 is 0 Å². The van der Waals surface area contributed by atoms with Gasteiger partial charge in [-0.3, -0.25) is 5.10 Å². The van der Waals surface area contributed by atoms with Crippen LogP contribution >= 0.6 is 22.9 Å². The highest BCUT2D eigenvalue weighted by atomic mass is 35.5. The standard InChI is InChI=1S/C9H10ClN3S/c1-5(2)8-11-9(13-12-8)6-3-4-7(10)14-6/h3-5H,1-2H3,(H,11,12,13). The van der Waals surface area contributed by atoms with E-state index >= 15 is 0 Å². The Hall–Kier alpha value is -0.870. The lowest BCUT2D eigenvalue weighted by atomic mass is 10.2. The van der Waals surface area contributed by atoms with Crippen molar-refractivity contribution in [2.45, 2.75) is 19.8 Å². The fraction of sp³-hybridized carbons (Fsp3) is 0.333. The normalized spacial score (nSPS) is 11.1. The van der Waals surface area contributed by atoms with E-state index in [1.54, 1.807) is 0 Å². The fourth-order valence-electron chi connectivity index (χ4n) is 1.08. The van der Waals surface area contributed by atoms with E-state index in [0.29, 0.717) is 5.92 Å². The molecule has 0 unspecified atom stereocenters. The monoisotopic (exact) mass is 227 g/mol. The highest BCUT2D eigenvalue weighted by Crippen LogP contribution is 2.28. The van der Waals surface area contributed by atoms with E-state index in [-0.39, 0.29) is 0 Å². The van der Waals surface area contributed by atoms with Gasteiger partial charge in [0.2, 0.25) is 0 Å². The molecule has 0 saturated heterocycles. The maximum absolute atomic E-state index is 5.83. The SMILES string of the molecule is CC(C)c1nc(-c2ccc(Cl)s2)n[nH]1. The predicted molar refractivity (Wildman–Crippen MR) is 58.8 cm³/mol. The molecule has 0 radical (unpaired) electrons. The minimum absolute atomic E-state index is 0.367. The first-order chi connectivity index (χ1) is 6.66. The second-order valence-corrected chi connectivity index (χ2v) is 5.02. The molecule has 3 nitrogen and oxygen atoms in total. The zero-order chi connectivity index (χ0) is 10.1. The molecule has 74 valence electrons. The van der Waals surface area contributed by atoms with Crippen LogP contribution in [0.4, 0.5) is 0 Å². The first-order valence-electron chi connectivity index (χ1n) is 4.35. The molecule has 0 fully saturated rings. The van der Waals surface area contributed by atoms with Crippen LogP contribution in [-0.2, 0) is 0 Å². The van der Waals surface area contributed by atoms with Crippen molar-refractivity contribution in [1.82, 2.24) is 15.2 Å². The van der Waals surface area contributed by atoms with Crippen LogP contribution in [-0.4, -0.2) is 15.2 Å². The summed E-state index contributed by atoms with van der Waals surface area (Å²) >= 11 is 7.32. The lowest BCUT2D eigenvalue weighted by Gasteiger charge is -1.94. The molecule has 0 aliphatic rings. The molecule has 0 spiro atoms. The highest BCUT2D eigenvalue weighted by molar-refractivity contribution is 7.19. The number of hydrogen-bond donors (Lipinski definition) is 1. The van der Waals surface area contributed by atoms with E-state index < -0.39 is 0 Å². The Morgan fingerprint density at radius 1 is 1.43 bits per heavy atom. The maximum atomic E-state index is 5.83. The largest absolute Gasteiger partial charge is 0.262 e. The number of H-pyrrole nitrogens is 1. The van der Waals surface area contributed by atoms with Crippen LogP contribution in [0.3, 0.4) is 0 Å². The summed E-state index contributed by atoms with van der Waals surface area (Å²) in [4.78, 5) is 5.38. The summed E-state index contributed by atoms with van der Waals surface area (Å²) in [6.07, 6.45) is 0. The van der Waals surface area contributed by atoms with Gasteiger partial charge in [-0.15, -0.1) is 11.3 Å². The van der Waals surface area contributed by atoms with Crippen LogP contribution in [0.15, 0.2) is 12.1 Å². The maximum Gasteiger partial charge on any atom is 0.191 e. The van der Waals surface area contributed by atoms with E-state index in [4.69, 9.17) is 11.6 Å². The number of nitrogens with one attached hydrogen (secondary N) is 1. The second-order valence-electron chi connectivity index (χ2n) is 3.30. The summed E-state index contributed by atoms with van der Waals surface area (Å²) in [6, 6.07) is 3.78. The van der Waals surface area contributed by atoms with Crippen LogP contribution < -0.4 is 0 Å². The zero-order valence-corrected chi connectivity index (χ0v) is 9.49. The first kappa shape index (κ1) is 9.68. The highest BCUT2D eigenvalue weighted by Gasteiger charge is 2.09. The van der Waals surface area contributed by atoms with Crippen molar-refractivity contribution in [3.05, 3.63) is 22.3 Å². The molecule has 0 bridgehead atoms. The topological polar surface area (TPSA) is 41.6 Å². The third-order valence-electron chi connectivity index (χ3n) is 1.84. The number of rotatable bonds is 2. The van der Waals surface area contributed by atoms with Crippen molar-refractivity contribution in [3.8, 4) is 10.7 Å². The molecule has 2 aromatic rings. The van der Waals surface area contributed by atoms with Crippen molar-refractivity contribution in [2.24, 2.45) is 0 Å². The molecule has 0 aliphatic heterocycles. The van der Waals surface area contributed by atoms with Crippen molar-refractivity contribution >= 4 is 22.9 Å². The lowest BCUT2D eigenvalue weighted by molar-refractivity contribution is 0.781. The van der Waals surface area contributed by atoms with Crippen molar-refractivity contribution in [3.63, 3.8) is 0 Å². The van der Waals surface area contributed by atoms with Gasteiger partial charge in [-0.05, 0) is 12.1 Å². The Morgan fingerprint density at radius 3 is 2.71 bits per heavy atom. The molecule has 1 N–H and O–H groups in total. The average molecular weight is 228 g/mol. The van der Waals surface area contributed by atoms with Gasteiger partial charge in [-0.2, -0.15) is 5.10 Å². The van der Waals surface area contributed by atoms with E-state index in [9.17, 15) is 0 Å². The van der Waals surface area contributed by atoms with Crippen molar-refractivity contribution in [1.29, 1.82) is 0 Å². The van der Waals surface area contributed by atoms with E-state index in [1.807, 2.05) is 12.1 Å². The molecular formula is C9H10ClN3S. The zero-order valence-electron chi connectivity index (χ0n) is 7.91. The number of halogens is 1. The summed E-state index contributed by atoms with van der Waals surface area (Å²) in [6.45, 7) is 4.15. The van der Waals surface area contributed by atoms with E-state index in [0.717, 1.165) is 20.9 Å². The van der Waals surface area contributed by atoms with Crippen molar-refractivity contribution < 1.29 is 0 Å². The molecule has 2 rings (SSSR count). The third kappa shape index (κ3) is 1.81. The molecule has 0 aliphatic carbocycles. The Bertz CT molecular complexity index is 433. The first-order valence-corrected chi connectivity index (χ1v) is 5.54. The summed E-state index contributed by atoms with van der Waals surface area (Å²) in [5.74, 6) is 2.00. The van der Waals surface area contributed by atoms with E-state index in [1.165, 1.54) is 11.3 Å². The fourth-order valence-corrected chi connectivity index (χ4v) is 2.05. The molecule has 0 aromatic carbocycles. The summed E-state index contributed by atoms with van der Waals surface area (Å²) in [5.41, 5.74) is 0. The molecule has 0 amide bonds. The number of thiophene rings is 1. The van der Waals surface area contributed by atoms with Gasteiger partial charge in [0.05, 0.1) is 9.21 Å². The number of nitrogens with zero attached hydrogens (tertiary/aromatic N) is 2. The lowest BCUT2D eigenvalue weighted by Crippen LogP contribution is -1.89. The van der Waals surface area contributed by atoms with Crippen molar-refractivity contribution in [2.75, 3.05) is 0 Å². The number of aromatic amines is 1. The Labute approximate surface area is 91.1 Å².